The molecule has 1 fully saturated rings. The number of nitrogens with zero attached hydrogens (tertiary/aromatic N) is 1. The summed E-state index contributed by atoms with van der Waals surface area (Å²) in [6.07, 6.45) is -0.345. The largest absolute Gasteiger partial charge is 0.497 e. The Morgan fingerprint density at radius 2 is 1.91 bits per heavy atom. The SMILES string of the molecule is COc1ccc(COC2CN(C(=O)OC(C)(C)C)CC2Br)cc1. The first kappa shape index (κ1) is 18.1. The summed E-state index contributed by atoms with van der Waals surface area (Å²) < 4.78 is 16.5. The second-order valence-electron chi connectivity index (χ2n) is 6.60. The summed E-state index contributed by atoms with van der Waals surface area (Å²) in [6, 6.07) is 7.77. The lowest BCUT2D eigenvalue weighted by molar-refractivity contribution is 0.0188. The minimum absolute atomic E-state index is 0.0513. The van der Waals surface area contributed by atoms with E-state index in [1.807, 2.05) is 45.0 Å². The molecule has 23 heavy (non-hydrogen) atoms. The highest BCUT2D eigenvalue weighted by atomic mass is 79.9. The molecular formula is C17H24BrNO4. The van der Waals surface area contributed by atoms with Crippen molar-refractivity contribution in [3.8, 4) is 5.75 Å². The fraction of sp³-hybridized carbons (Fsp3) is 0.588. The van der Waals surface area contributed by atoms with Gasteiger partial charge in [-0.3, -0.25) is 0 Å². The van der Waals surface area contributed by atoms with Crippen molar-refractivity contribution in [1.29, 1.82) is 0 Å². The first-order valence-electron chi connectivity index (χ1n) is 7.65. The molecular weight excluding hydrogens is 362 g/mol. The van der Waals surface area contributed by atoms with E-state index in [0.717, 1.165) is 11.3 Å². The first-order chi connectivity index (χ1) is 10.8. The summed E-state index contributed by atoms with van der Waals surface area (Å²) in [7, 11) is 1.64. The van der Waals surface area contributed by atoms with E-state index in [1.165, 1.54) is 0 Å². The number of hydrogen-bond donors (Lipinski definition) is 0. The zero-order chi connectivity index (χ0) is 17.0. The van der Waals surface area contributed by atoms with Crippen LogP contribution in [0.15, 0.2) is 24.3 Å². The Labute approximate surface area is 146 Å². The zero-order valence-corrected chi connectivity index (χ0v) is 15.6. The number of amides is 1. The van der Waals surface area contributed by atoms with Crippen molar-refractivity contribution in [2.24, 2.45) is 0 Å². The highest BCUT2D eigenvalue weighted by Crippen LogP contribution is 2.24. The van der Waals surface area contributed by atoms with Crippen LogP contribution in [0, 0.1) is 0 Å². The molecule has 0 N–H and O–H groups in total. The van der Waals surface area contributed by atoms with Crippen molar-refractivity contribution in [2.75, 3.05) is 20.2 Å². The van der Waals surface area contributed by atoms with Crippen LogP contribution in [0.5, 0.6) is 5.75 Å². The van der Waals surface area contributed by atoms with E-state index in [-0.39, 0.29) is 17.0 Å². The Morgan fingerprint density at radius 1 is 1.26 bits per heavy atom. The maximum absolute atomic E-state index is 12.1. The van der Waals surface area contributed by atoms with Crippen LogP contribution in [0.4, 0.5) is 4.79 Å². The number of likely N-dealkylation sites (tertiary alicyclic amines) is 1. The van der Waals surface area contributed by atoms with Crippen LogP contribution in [0.25, 0.3) is 0 Å². The number of carbonyl (C=O) groups excluding carboxylic acids is 1. The molecule has 1 aromatic rings. The quantitative estimate of drug-likeness (QED) is 0.742. The molecule has 1 aromatic carbocycles. The summed E-state index contributed by atoms with van der Waals surface area (Å²) in [5, 5.41) is 0. The molecule has 0 saturated carbocycles. The molecule has 1 saturated heterocycles. The summed E-state index contributed by atoms with van der Waals surface area (Å²) in [4.78, 5) is 13.9. The molecule has 0 aromatic heterocycles. The normalized spacial score (nSPS) is 21.3. The van der Waals surface area contributed by atoms with Crippen LogP contribution in [-0.4, -0.2) is 47.7 Å². The lowest BCUT2D eigenvalue weighted by Gasteiger charge is -2.24. The zero-order valence-electron chi connectivity index (χ0n) is 14.0. The van der Waals surface area contributed by atoms with Crippen LogP contribution >= 0.6 is 15.9 Å². The standard InChI is InChI=1S/C17H24BrNO4/c1-17(2,3)23-16(20)19-9-14(18)15(10-19)22-11-12-5-7-13(21-4)8-6-12/h5-8,14-15H,9-11H2,1-4H3. The molecule has 128 valence electrons. The second-order valence-corrected chi connectivity index (χ2v) is 7.77. The Kier molecular flexibility index (Phi) is 5.92. The molecule has 2 rings (SSSR count). The molecule has 0 bridgehead atoms. The predicted molar refractivity (Wildman–Crippen MR) is 92.1 cm³/mol. The number of rotatable bonds is 4. The van der Waals surface area contributed by atoms with Gasteiger partial charge in [-0.05, 0) is 38.5 Å². The van der Waals surface area contributed by atoms with Gasteiger partial charge in [-0.25, -0.2) is 4.79 Å². The van der Waals surface area contributed by atoms with Gasteiger partial charge in [0, 0.05) is 6.54 Å². The highest BCUT2D eigenvalue weighted by Gasteiger charge is 2.36. The van der Waals surface area contributed by atoms with Gasteiger partial charge < -0.3 is 19.1 Å². The fourth-order valence-corrected chi connectivity index (χ4v) is 2.96. The third kappa shape index (κ3) is 5.39. The Bertz CT molecular complexity index is 526. The van der Waals surface area contributed by atoms with Gasteiger partial charge in [-0.2, -0.15) is 0 Å². The molecule has 1 aliphatic heterocycles. The molecule has 2 atom stereocenters. The molecule has 0 aliphatic carbocycles. The molecule has 5 nitrogen and oxygen atoms in total. The number of halogens is 1. The highest BCUT2D eigenvalue weighted by molar-refractivity contribution is 9.09. The molecule has 0 spiro atoms. The summed E-state index contributed by atoms with van der Waals surface area (Å²) >= 11 is 3.60. The van der Waals surface area contributed by atoms with Crippen molar-refractivity contribution in [2.45, 2.75) is 43.9 Å². The molecule has 6 heteroatoms. The number of carbonyl (C=O) groups is 1. The number of hydrogen-bond acceptors (Lipinski definition) is 4. The second kappa shape index (κ2) is 7.53. The van der Waals surface area contributed by atoms with Crippen LogP contribution in [0.1, 0.15) is 26.3 Å². The summed E-state index contributed by atoms with van der Waals surface area (Å²) in [5.41, 5.74) is 0.585. The topological polar surface area (TPSA) is 48.0 Å². The van der Waals surface area contributed by atoms with E-state index in [0.29, 0.717) is 19.7 Å². The van der Waals surface area contributed by atoms with Crippen LogP contribution in [0.3, 0.4) is 0 Å². The third-order valence-electron chi connectivity index (χ3n) is 3.47. The van der Waals surface area contributed by atoms with Gasteiger partial charge in [0.1, 0.15) is 11.4 Å². The molecule has 1 aliphatic rings. The molecule has 1 heterocycles. The number of alkyl halides is 1. The van der Waals surface area contributed by atoms with Crippen molar-refractivity contribution in [1.82, 2.24) is 4.90 Å². The lowest BCUT2D eigenvalue weighted by Crippen LogP contribution is -2.36. The number of benzene rings is 1. The lowest BCUT2D eigenvalue weighted by atomic mass is 10.2. The number of methoxy groups -OCH3 is 1. The van der Waals surface area contributed by atoms with Gasteiger partial charge in [0.05, 0.1) is 31.2 Å². The van der Waals surface area contributed by atoms with E-state index in [1.54, 1.807) is 12.0 Å². The Balaban J connectivity index is 1.85. The van der Waals surface area contributed by atoms with Gasteiger partial charge in [0.25, 0.3) is 0 Å². The minimum atomic E-state index is -0.485. The Hall–Kier alpha value is -1.27. The van der Waals surface area contributed by atoms with Crippen molar-refractivity contribution in [3.05, 3.63) is 29.8 Å². The summed E-state index contributed by atoms with van der Waals surface area (Å²) in [6.45, 7) is 7.21. The van der Waals surface area contributed by atoms with E-state index in [2.05, 4.69) is 15.9 Å². The monoisotopic (exact) mass is 385 g/mol. The van der Waals surface area contributed by atoms with Gasteiger partial charge in [-0.1, -0.05) is 28.1 Å². The van der Waals surface area contributed by atoms with Crippen molar-refractivity contribution >= 4 is 22.0 Å². The third-order valence-corrected chi connectivity index (χ3v) is 4.35. The smallest absolute Gasteiger partial charge is 0.410 e. The molecule has 0 radical (unpaired) electrons. The van der Waals surface area contributed by atoms with Crippen molar-refractivity contribution in [3.63, 3.8) is 0 Å². The van der Waals surface area contributed by atoms with Gasteiger partial charge in [0.2, 0.25) is 0 Å². The minimum Gasteiger partial charge on any atom is -0.497 e. The molecule has 1 amide bonds. The van der Waals surface area contributed by atoms with E-state index < -0.39 is 5.60 Å². The maximum Gasteiger partial charge on any atom is 0.410 e. The molecule has 2 unspecified atom stereocenters. The first-order valence-corrected chi connectivity index (χ1v) is 8.56. The average molecular weight is 386 g/mol. The van der Waals surface area contributed by atoms with Crippen molar-refractivity contribution < 1.29 is 19.0 Å². The van der Waals surface area contributed by atoms with Gasteiger partial charge in [0.15, 0.2) is 0 Å². The van der Waals surface area contributed by atoms with Gasteiger partial charge >= 0.3 is 6.09 Å². The Morgan fingerprint density at radius 3 is 2.48 bits per heavy atom. The van der Waals surface area contributed by atoms with E-state index in [4.69, 9.17) is 14.2 Å². The average Bonchev–Trinajstić information content (AvgIpc) is 2.85. The van der Waals surface area contributed by atoms with Crippen LogP contribution in [0.2, 0.25) is 0 Å². The number of ether oxygens (including phenoxy) is 3. The van der Waals surface area contributed by atoms with Crippen LogP contribution < -0.4 is 4.74 Å². The van der Waals surface area contributed by atoms with E-state index in [9.17, 15) is 4.79 Å². The fourth-order valence-electron chi connectivity index (χ4n) is 2.29. The van der Waals surface area contributed by atoms with Crippen LogP contribution in [-0.2, 0) is 16.1 Å². The van der Waals surface area contributed by atoms with Gasteiger partial charge in [-0.15, -0.1) is 0 Å². The van der Waals surface area contributed by atoms with E-state index >= 15 is 0 Å². The summed E-state index contributed by atoms with van der Waals surface area (Å²) in [5.74, 6) is 0.823. The predicted octanol–water partition coefficient (Wildman–Crippen LogP) is 3.59. The maximum atomic E-state index is 12.1.